The Balaban J connectivity index is 1.66. The van der Waals surface area contributed by atoms with Crippen molar-refractivity contribution < 1.29 is 9.53 Å². The van der Waals surface area contributed by atoms with Gasteiger partial charge in [0.05, 0.1) is 12.8 Å². The minimum atomic E-state index is -0.270. The second-order valence-electron chi connectivity index (χ2n) is 6.22. The summed E-state index contributed by atoms with van der Waals surface area (Å²) in [6.07, 6.45) is 4.30. The van der Waals surface area contributed by atoms with E-state index in [2.05, 4.69) is 27.6 Å². The molecule has 0 saturated heterocycles. The largest absolute Gasteiger partial charge is 0.497 e. The van der Waals surface area contributed by atoms with Gasteiger partial charge in [0.15, 0.2) is 0 Å². The number of carbonyl (C=O) groups is 1. The minimum absolute atomic E-state index is 0.270. The second-order valence-corrected chi connectivity index (χ2v) is 6.22. The van der Waals surface area contributed by atoms with Gasteiger partial charge in [-0.2, -0.15) is 10.2 Å². The normalized spacial score (nSPS) is 19.2. The van der Waals surface area contributed by atoms with Crippen LogP contribution in [-0.2, 0) is 0 Å². The molecule has 1 aromatic carbocycles. The fraction of sp³-hybridized carbons (Fsp3) is 0.389. The van der Waals surface area contributed by atoms with E-state index in [1.807, 2.05) is 24.3 Å². The van der Waals surface area contributed by atoms with Crippen LogP contribution in [0, 0.1) is 5.92 Å². The van der Waals surface area contributed by atoms with Crippen LogP contribution in [0.2, 0.25) is 0 Å². The van der Waals surface area contributed by atoms with Gasteiger partial charge in [-0.1, -0.05) is 6.92 Å². The molecule has 2 aromatic rings. The zero-order valence-corrected chi connectivity index (χ0v) is 14.0. The van der Waals surface area contributed by atoms with E-state index >= 15 is 0 Å². The van der Waals surface area contributed by atoms with Crippen LogP contribution < -0.4 is 10.2 Å². The molecular formula is C18H22N4O2. The number of rotatable bonds is 4. The highest BCUT2D eigenvalue weighted by atomic mass is 16.5. The van der Waals surface area contributed by atoms with E-state index in [-0.39, 0.29) is 5.91 Å². The predicted octanol–water partition coefficient (Wildman–Crippen LogP) is 3.38. The van der Waals surface area contributed by atoms with Crippen molar-refractivity contribution in [3.8, 4) is 17.0 Å². The zero-order chi connectivity index (χ0) is 16.9. The highest BCUT2D eigenvalue weighted by molar-refractivity contribution is 5.94. The van der Waals surface area contributed by atoms with Crippen LogP contribution in [0.3, 0.4) is 0 Å². The number of aromatic nitrogens is 2. The van der Waals surface area contributed by atoms with Crippen molar-refractivity contribution in [2.24, 2.45) is 11.0 Å². The Bertz CT molecular complexity index is 734. The highest BCUT2D eigenvalue weighted by Crippen LogP contribution is 2.22. The second kappa shape index (κ2) is 7.29. The maximum Gasteiger partial charge on any atom is 0.289 e. The summed E-state index contributed by atoms with van der Waals surface area (Å²) in [6.45, 7) is 2.21. The highest BCUT2D eigenvalue weighted by Gasteiger charge is 2.15. The monoisotopic (exact) mass is 326 g/mol. The summed E-state index contributed by atoms with van der Waals surface area (Å²) in [4.78, 5) is 12.2. The molecule has 2 N–H and O–H groups in total. The molecule has 24 heavy (non-hydrogen) atoms. The van der Waals surface area contributed by atoms with Crippen molar-refractivity contribution >= 4 is 11.6 Å². The number of nitrogens with zero attached hydrogens (tertiary/aromatic N) is 2. The van der Waals surface area contributed by atoms with Gasteiger partial charge in [-0.3, -0.25) is 9.89 Å². The predicted molar refractivity (Wildman–Crippen MR) is 93.1 cm³/mol. The summed E-state index contributed by atoms with van der Waals surface area (Å²) >= 11 is 0. The Kier molecular flexibility index (Phi) is 4.93. The SMILES string of the molecule is COc1ccc(-c2cc(C(=O)NN=C3CCCC(C)C3)[nH]n2)cc1. The van der Waals surface area contributed by atoms with Crippen LogP contribution >= 0.6 is 0 Å². The van der Waals surface area contributed by atoms with E-state index in [9.17, 15) is 4.79 Å². The van der Waals surface area contributed by atoms with Crippen LogP contribution in [0.4, 0.5) is 0 Å². The van der Waals surface area contributed by atoms with E-state index in [0.717, 1.165) is 36.3 Å². The maximum absolute atomic E-state index is 12.2. The van der Waals surface area contributed by atoms with Gasteiger partial charge >= 0.3 is 0 Å². The molecule has 1 aliphatic rings. The number of hydrogen-bond donors (Lipinski definition) is 2. The number of hydrazone groups is 1. The summed E-state index contributed by atoms with van der Waals surface area (Å²) in [7, 11) is 1.63. The van der Waals surface area contributed by atoms with E-state index < -0.39 is 0 Å². The molecule has 1 aromatic heterocycles. The maximum atomic E-state index is 12.2. The molecule has 1 fully saturated rings. The van der Waals surface area contributed by atoms with Gasteiger partial charge in [-0.25, -0.2) is 5.43 Å². The number of nitrogens with one attached hydrogen (secondary N) is 2. The van der Waals surface area contributed by atoms with Crippen LogP contribution in [-0.4, -0.2) is 28.9 Å². The number of amides is 1. The molecule has 6 heteroatoms. The molecule has 0 spiro atoms. The molecule has 1 saturated carbocycles. The van der Waals surface area contributed by atoms with Crippen molar-refractivity contribution in [2.45, 2.75) is 32.6 Å². The molecule has 1 amide bonds. The van der Waals surface area contributed by atoms with E-state index in [1.165, 1.54) is 6.42 Å². The molecule has 126 valence electrons. The number of H-pyrrole nitrogens is 1. The minimum Gasteiger partial charge on any atom is -0.497 e. The molecule has 1 atom stereocenters. The zero-order valence-electron chi connectivity index (χ0n) is 14.0. The van der Waals surface area contributed by atoms with E-state index in [0.29, 0.717) is 17.3 Å². The summed E-state index contributed by atoms with van der Waals surface area (Å²) < 4.78 is 5.14. The quantitative estimate of drug-likeness (QED) is 0.845. The standard InChI is InChI=1S/C18H22N4O2/c1-12-4-3-5-14(10-12)19-22-18(23)17-11-16(20-21-17)13-6-8-15(24-2)9-7-13/h6-9,11-12H,3-5,10H2,1-2H3,(H,20,21)(H,22,23). The van der Waals surface area contributed by atoms with Gasteiger partial charge in [0.25, 0.3) is 5.91 Å². The van der Waals surface area contributed by atoms with Gasteiger partial charge in [0.2, 0.25) is 0 Å². The summed E-state index contributed by atoms with van der Waals surface area (Å²) in [5.41, 5.74) is 5.72. The molecule has 1 heterocycles. The third kappa shape index (κ3) is 3.82. The summed E-state index contributed by atoms with van der Waals surface area (Å²) in [5, 5.41) is 11.2. The van der Waals surface area contributed by atoms with Gasteiger partial charge in [0.1, 0.15) is 11.4 Å². The van der Waals surface area contributed by atoms with Crippen molar-refractivity contribution in [3.63, 3.8) is 0 Å². The Morgan fingerprint density at radius 3 is 2.88 bits per heavy atom. The number of aromatic amines is 1. The smallest absolute Gasteiger partial charge is 0.289 e. The third-order valence-corrected chi connectivity index (χ3v) is 4.27. The average Bonchev–Trinajstić information content (AvgIpc) is 3.10. The first-order chi connectivity index (χ1) is 11.7. The first-order valence-electron chi connectivity index (χ1n) is 8.21. The van der Waals surface area contributed by atoms with Gasteiger partial charge in [-0.15, -0.1) is 0 Å². The van der Waals surface area contributed by atoms with Crippen molar-refractivity contribution in [2.75, 3.05) is 7.11 Å². The fourth-order valence-electron chi connectivity index (χ4n) is 2.90. The lowest BCUT2D eigenvalue weighted by atomic mass is 9.89. The van der Waals surface area contributed by atoms with Crippen LogP contribution in [0.25, 0.3) is 11.3 Å². The Morgan fingerprint density at radius 2 is 2.17 bits per heavy atom. The van der Waals surface area contributed by atoms with Crippen molar-refractivity contribution in [3.05, 3.63) is 36.0 Å². The molecule has 0 aliphatic heterocycles. The van der Waals surface area contributed by atoms with E-state index in [1.54, 1.807) is 13.2 Å². The van der Waals surface area contributed by atoms with Crippen LogP contribution in [0.1, 0.15) is 43.1 Å². The molecule has 1 unspecified atom stereocenters. The number of methoxy groups -OCH3 is 1. The van der Waals surface area contributed by atoms with E-state index in [4.69, 9.17) is 4.74 Å². The first kappa shape index (κ1) is 16.2. The van der Waals surface area contributed by atoms with Crippen LogP contribution in [0.5, 0.6) is 5.75 Å². The average molecular weight is 326 g/mol. The molecule has 0 bridgehead atoms. The lowest BCUT2D eigenvalue weighted by molar-refractivity contribution is 0.0949. The Morgan fingerprint density at radius 1 is 1.38 bits per heavy atom. The van der Waals surface area contributed by atoms with Crippen LogP contribution in [0.15, 0.2) is 35.4 Å². The number of benzene rings is 1. The number of hydrogen-bond acceptors (Lipinski definition) is 4. The Hall–Kier alpha value is -2.63. The van der Waals surface area contributed by atoms with Crippen molar-refractivity contribution in [1.29, 1.82) is 0 Å². The van der Waals surface area contributed by atoms with Gasteiger partial charge in [-0.05, 0) is 61.9 Å². The summed E-state index contributed by atoms with van der Waals surface area (Å²) in [6, 6.07) is 9.25. The fourth-order valence-corrected chi connectivity index (χ4v) is 2.90. The molecule has 1 aliphatic carbocycles. The lowest BCUT2D eigenvalue weighted by Crippen LogP contribution is -2.22. The molecule has 0 radical (unpaired) electrons. The van der Waals surface area contributed by atoms with Gasteiger partial charge in [0, 0.05) is 11.3 Å². The number of ether oxygens (including phenoxy) is 1. The molecule has 3 rings (SSSR count). The summed E-state index contributed by atoms with van der Waals surface area (Å²) in [5.74, 6) is 1.15. The molecule has 6 nitrogen and oxygen atoms in total. The topological polar surface area (TPSA) is 79.4 Å². The third-order valence-electron chi connectivity index (χ3n) is 4.27. The Labute approximate surface area is 141 Å². The lowest BCUT2D eigenvalue weighted by Gasteiger charge is -2.18. The van der Waals surface area contributed by atoms with Gasteiger partial charge < -0.3 is 4.74 Å². The van der Waals surface area contributed by atoms with Crippen molar-refractivity contribution in [1.82, 2.24) is 15.6 Å². The first-order valence-corrected chi connectivity index (χ1v) is 8.21. The molecular weight excluding hydrogens is 304 g/mol. The number of carbonyl (C=O) groups excluding carboxylic acids is 1.